The maximum absolute atomic E-state index is 14.5. The second-order valence-electron chi connectivity index (χ2n) is 9.12. The van der Waals surface area contributed by atoms with Gasteiger partial charge in [0.25, 0.3) is 0 Å². The average molecular weight is 444 g/mol. The fraction of sp³-hybridized carbons (Fsp3) is 0.583. The summed E-state index contributed by atoms with van der Waals surface area (Å²) in [7, 11) is 0. The van der Waals surface area contributed by atoms with E-state index in [1.807, 2.05) is 0 Å². The van der Waals surface area contributed by atoms with Crippen molar-refractivity contribution in [2.75, 3.05) is 0 Å². The lowest BCUT2D eigenvalue weighted by Gasteiger charge is -2.42. The highest BCUT2D eigenvalue weighted by molar-refractivity contribution is 5.90. The summed E-state index contributed by atoms with van der Waals surface area (Å²) < 4.78 is 84.2. The van der Waals surface area contributed by atoms with Crippen LogP contribution in [-0.2, 0) is 0 Å². The summed E-state index contributed by atoms with van der Waals surface area (Å²) in [5, 5.41) is -0.810. The molecule has 7 heteroatoms. The molecule has 2 aromatic rings. The van der Waals surface area contributed by atoms with E-state index in [0.717, 1.165) is 37.2 Å². The predicted octanol–water partition coefficient (Wildman–Crippen LogP) is 8.26. The first-order chi connectivity index (χ1) is 14.7. The van der Waals surface area contributed by atoms with E-state index in [1.54, 1.807) is 6.07 Å². The third-order valence-electron chi connectivity index (χ3n) is 7.22. The minimum absolute atomic E-state index is 0.132. The number of ether oxygens (including phenoxy) is 1. The molecule has 0 bridgehead atoms. The molecule has 2 aromatic carbocycles. The summed E-state index contributed by atoms with van der Waals surface area (Å²) in [5.41, 5.74) is 0.754. The van der Waals surface area contributed by atoms with Gasteiger partial charge in [0.15, 0.2) is 17.4 Å². The van der Waals surface area contributed by atoms with Gasteiger partial charge in [-0.15, -0.1) is 13.2 Å². The Balaban J connectivity index is 1.62. The van der Waals surface area contributed by atoms with Gasteiger partial charge in [-0.3, -0.25) is 0 Å². The third kappa shape index (κ3) is 4.51. The summed E-state index contributed by atoms with van der Waals surface area (Å²) in [5.74, 6) is -4.54. The quantitative estimate of drug-likeness (QED) is 0.341. The van der Waals surface area contributed by atoms with Crippen LogP contribution in [0.3, 0.4) is 0 Å². The number of rotatable bonds is 4. The molecule has 0 spiro atoms. The van der Waals surface area contributed by atoms with E-state index in [-0.39, 0.29) is 11.3 Å². The summed E-state index contributed by atoms with van der Waals surface area (Å²) >= 11 is 0. The van der Waals surface area contributed by atoms with Crippen LogP contribution < -0.4 is 4.74 Å². The van der Waals surface area contributed by atoms with E-state index in [1.165, 1.54) is 37.8 Å². The van der Waals surface area contributed by atoms with Crippen LogP contribution in [0.1, 0.15) is 69.8 Å². The van der Waals surface area contributed by atoms with E-state index in [4.69, 9.17) is 0 Å². The van der Waals surface area contributed by atoms with E-state index in [9.17, 15) is 26.3 Å². The molecule has 4 rings (SSSR count). The molecular weight excluding hydrogens is 418 g/mol. The van der Waals surface area contributed by atoms with Gasteiger partial charge in [0.1, 0.15) is 0 Å². The zero-order valence-electron chi connectivity index (χ0n) is 17.4. The second-order valence-corrected chi connectivity index (χ2v) is 9.12. The monoisotopic (exact) mass is 444 g/mol. The Morgan fingerprint density at radius 2 is 1.58 bits per heavy atom. The number of hydrogen-bond acceptors (Lipinski definition) is 1. The molecule has 2 saturated carbocycles. The first kappa shape index (κ1) is 22.3. The number of alkyl halides is 3. The smallest absolute Gasteiger partial charge is 0.402 e. The van der Waals surface area contributed by atoms with Crippen LogP contribution in [0.5, 0.6) is 5.75 Å². The van der Waals surface area contributed by atoms with Crippen molar-refractivity contribution >= 4 is 10.8 Å². The Morgan fingerprint density at radius 1 is 0.871 bits per heavy atom. The molecule has 1 nitrogen and oxygen atoms in total. The van der Waals surface area contributed by atoms with Crippen molar-refractivity contribution < 1.29 is 31.1 Å². The van der Waals surface area contributed by atoms with Crippen molar-refractivity contribution in [3.05, 3.63) is 41.2 Å². The van der Waals surface area contributed by atoms with Crippen LogP contribution in [0.25, 0.3) is 10.8 Å². The first-order valence-corrected chi connectivity index (χ1v) is 11.0. The largest absolute Gasteiger partial charge is 0.573 e. The zero-order valence-corrected chi connectivity index (χ0v) is 17.4. The molecule has 31 heavy (non-hydrogen) atoms. The van der Waals surface area contributed by atoms with Gasteiger partial charge in [0, 0.05) is 10.8 Å². The fourth-order valence-corrected chi connectivity index (χ4v) is 5.80. The number of fused-ring (bicyclic) bond motifs is 2. The van der Waals surface area contributed by atoms with Crippen molar-refractivity contribution in [3.8, 4) is 5.75 Å². The molecule has 0 heterocycles. The maximum atomic E-state index is 14.5. The standard InChI is InChI=1S/C24H26F6O/c1-2-3-13-4-5-15-11-16(7-6-14(15)10-13)17-8-9-18-19(12-17)20(25)21(26)22(27)23(18)31-24(28,29)30/h8-9,12-16H,2-7,10-11H2,1H3. The summed E-state index contributed by atoms with van der Waals surface area (Å²) in [4.78, 5) is 0. The van der Waals surface area contributed by atoms with Gasteiger partial charge in [-0.25, -0.2) is 8.78 Å². The molecular formula is C24H26F6O. The highest BCUT2D eigenvalue weighted by atomic mass is 19.4. The highest BCUT2D eigenvalue weighted by Crippen LogP contribution is 2.49. The van der Waals surface area contributed by atoms with Crippen LogP contribution in [0.15, 0.2) is 18.2 Å². The molecule has 0 aliphatic heterocycles. The van der Waals surface area contributed by atoms with Crippen LogP contribution in [0.4, 0.5) is 26.3 Å². The number of benzene rings is 2. The average Bonchev–Trinajstić information content (AvgIpc) is 2.74. The molecule has 2 aliphatic carbocycles. The van der Waals surface area contributed by atoms with E-state index in [0.29, 0.717) is 11.8 Å². The van der Waals surface area contributed by atoms with E-state index < -0.39 is 34.9 Å². The van der Waals surface area contributed by atoms with Crippen LogP contribution in [0, 0.1) is 35.2 Å². The summed E-state index contributed by atoms with van der Waals surface area (Å²) in [6, 6.07) is 4.17. The lowest BCUT2D eigenvalue weighted by molar-refractivity contribution is -0.275. The lowest BCUT2D eigenvalue weighted by atomic mass is 9.63. The van der Waals surface area contributed by atoms with Gasteiger partial charge >= 0.3 is 6.36 Å². The Kier molecular flexibility index (Phi) is 6.14. The molecule has 0 radical (unpaired) electrons. The van der Waals surface area contributed by atoms with Gasteiger partial charge in [-0.2, -0.15) is 4.39 Å². The fourth-order valence-electron chi connectivity index (χ4n) is 5.80. The molecule has 0 saturated heterocycles. The molecule has 170 valence electrons. The van der Waals surface area contributed by atoms with Gasteiger partial charge < -0.3 is 4.74 Å². The minimum Gasteiger partial charge on any atom is -0.402 e. The Morgan fingerprint density at radius 3 is 2.29 bits per heavy atom. The van der Waals surface area contributed by atoms with Crippen LogP contribution >= 0.6 is 0 Å². The molecule has 4 atom stereocenters. The molecule has 0 amide bonds. The van der Waals surface area contributed by atoms with Gasteiger partial charge in [-0.1, -0.05) is 38.3 Å². The summed E-state index contributed by atoms with van der Waals surface area (Å²) in [6.07, 6.45) is 3.79. The summed E-state index contributed by atoms with van der Waals surface area (Å²) in [6.45, 7) is 2.21. The van der Waals surface area contributed by atoms with Gasteiger partial charge in [-0.05, 0) is 67.4 Å². The topological polar surface area (TPSA) is 9.23 Å². The van der Waals surface area contributed by atoms with Crippen molar-refractivity contribution in [1.29, 1.82) is 0 Å². The Bertz CT molecular complexity index is 953. The van der Waals surface area contributed by atoms with E-state index in [2.05, 4.69) is 11.7 Å². The maximum Gasteiger partial charge on any atom is 0.573 e. The minimum atomic E-state index is -5.22. The van der Waals surface area contributed by atoms with Crippen molar-refractivity contribution in [2.45, 2.75) is 70.6 Å². The first-order valence-electron chi connectivity index (χ1n) is 11.0. The predicted molar refractivity (Wildman–Crippen MR) is 106 cm³/mol. The van der Waals surface area contributed by atoms with Gasteiger partial charge in [0.05, 0.1) is 0 Å². The number of halogens is 6. The highest BCUT2D eigenvalue weighted by Gasteiger charge is 2.37. The third-order valence-corrected chi connectivity index (χ3v) is 7.22. The Labute approximate surface area is 177 Å². The lowest BCUT2D eigenvalue weighted by Crippen LogP contribution is -2.30. The SMILES string of the molecule is CCCC1CCC2CC(c3ccc4c(OC(F)(F)F)c(F)c(F)c(F)c4c3)CCC2C1. The van der Waals surface area contributed by atoms with Gasteiger partial charge in [0.2, 0.25) is 5.82 Å². The molecule has 2 fully saturated rings. The van der Waals surface area contributed by atoms with E-state index >= 15 is 0 Å². The normalized spacial score (nSPS) is 26.7. The van der Waals surface area contributed by atoms with Crippen LogP contribution in [-0.4, -0.2) is 6.36 Å². The molecule has 2 aliphatic rings. The van der Waals surface area contributed by atoms with Crippen molar-refractivity contribution in [3.63, 3.8) is 0 Å². The molecule has 0 N–H and O–H groups in total. The Hall–Kier alpha value is -1.92. The van der Waals surface area contributed by atoms with Crippen molar-refractivity contribution in [2.24, 2.45) is 17.8 Å². The zero-order chi connectivity index (χ0) is 22.3. The van der Waals surface area contributed by atoms with Crippen molar-refractivity contribution in [1.82, 2.24) is 0 Å². The molecule has 4 unspecified atom stereocenters. The van der Waals surface area contributed by atoms with Crippen LogP contribution in [0.2, 0.25) is 0 Å². The molecule has 0 aromatic heterocycles. The second kappa shape index (κ2) is 8.55. The number of hydrogen-bond donors (Lipinski definition) is 0.